The Kier molecular flexibility index (Phi) is 5.36. The smallest absolute Gasteiger partial charge is 0.344 e. The molecule has 164 valence electrons. The summed E-state index contributed by atoms with van der Waals surface area (Å²) >= 11 is 0. The zero-order valence-corrected chi connectivity index (χ0v) is 17.3. The normalized spacial score (nSPS) is 19.7. The van der Waals surface area contributed by atoms with E-state index in [1.807, 2.05) is 0 Å². The maximum Gasteiger partial charge on any atom is 0.344 e. The van der Waals surface area contributed by atoms with Crippen molar-refractivity contribution in [2.24, 2.45) is 10.1 Å². The zero-order chi connectivity index (χ0) is 22.2. The number of phenolic OH excluding ortho intramolecular Hbond substituents is 2. The average Bonchev–Trinajstić information content (AvgIpc) is 2.70. The molecule has 5 N–H and O–H groups in total. The number of piperidine rings is 1. The molecular weight excluding hydrogens is 424 g/mol. The molecule has 0 spiro atoms. The fourth-order valence-corrected chi connectivity index (χ4v) is 4.69. The van der Waals surface area contributed by atoms with E-state index < -0.39 is 10.2 Å². The largest absolute Gasteiger partial charge is 0.508 e. The van der Waals surface area contributed by atoms with Crippen LogP contribution in [-0.2, 0) is 10.2 Å². The van der Waals surface area contributed by atoms with Crippen LogP contribution in [0, 0.1) is 0 Å². The molecule has 0 radical (unpaired) electrons. The molecule has 1 saturated heterocycles. The molecule has 0 aromatic heterocycles. The SMILES string of the molecule is NC1=NS(=O)(=O)Nc2cccc(OCC3CCCCN3C(=O)c3cc(O)cc(O)c3)c21. The Labute approximate surface area is 179 Å². The van der Waals surface area contributed by atoms with Crippen LogP contribution in [0.5, 0.6) is 17.2 Å². The minimum absolute atomic E-state index is 0.160. The summed E-state index contributed by atoms with van der Waals surface area (Å²) in [6.45, 7) is 0.673. The molecule has 1 atom stereocenters. The van der Waals surface area contributed by atoms with E-state index in [0.29, 0.717) is 24.3 Å². The molecule has 2 aliphatic rings. The lowest BCUT2D eigenvalue weighted by Crippen LogP contribution is -2.46. The summed E-state index contributed by atoms with van der Waals surface area (Å²) in [4.78, 5) is 14.7. The Morgan fingerprint density at radius 1 is 1.23 bits per heavy atom. The quantitative estimate of drug-likeness (QED) is 0.555. The summed E-state index contributed by atoms with van der Waals surface area (Å²) in [5.41, 5.74) is 6.66. The Morgan fingerprint density at radius 2 is 1.97 bits per heavy atom. The first kappa shape index (κ1) is 20.8. The molecule has 0 aliphatic carbocycles. The van der Waals surface area contributed by atoms with E-state index in [0.717, 1.165) is 18.9 Å². The highest BCUT2D eigenvalue weighted by atomic mass is 32.2. The molecule has 0 saturated carbocycles. The van der Waals surface area contributed by atoms with Crippen LogP contribution in [0.2, 0.25) is 0 Å². The fraction of sp³-hybridized carbons (Fsp3) is 0.300. The number of carbonyl (C=O) groups is 1. The number of hydrogen-bond donors (Lipinski definition) is 4. The van der Waals surface area contributed by atoms with Gasteiger partial charge in [-0.2, -0.15) is 8.42 Å². The van der Waals surface area contributed by atoms with Crippen LogP contribution >= 0.6 is 0 Å². The summed E-state index contributed by atoms with van der Waals surface area (Å²) in [7, 11) is -3.89. The maximum absolute atomic E-state index is 13.0. The maximum atomic E-state index is 13.0. The van der Waals surface area contributed by atoms with Gasteiger partial charge in [-0.05, 0) is 43.5 Å². The number of rotatable bonds is 4. The van der Waals surface area contributed by atoms with Gasteiger partial charge in [-0.15, -0.1) is 4.40 Å². The number of nitrogens with one attached hydrogen (secondary N) is 1. The summed E-state index contributed by atoms with van der Waals surface area (Å²) in [6, 6.07) is 8.38. The number of nitrogens with zero attached hydrogens (tertiary/aromatic N) is 2. The van der Waals surface area contributed by atoms with Crippen molar-refractivity contribution in [2.75, 3.05) is 17.9 Å². The first-order chi connectivity index (χ1) is 14.7. The predicted molar refractivity (Wildman–Crippen MR) is 114 cm³/mol. The molecule has 2 aromatic carbocycles. The number of ether oxygens (including phenoxy) is 1. The van der Waals surface area contributed by atoms with Gasteiger partial charge in [-0.25, -0.2) is 0 Å². The van der Waals surface area contributed by atoms with Crippen molar-refractivity contribution in [1.82, 2.24) is 4.90 Å². The van der Waals surface area contributed by atoms with Gasteiger partial charge in [-0.3, -0.25) is 9.52 Å². The van der Waals surface area contributed by atoms with Gasteiger partial charge in [0.15, 0.2) is 5.84 Å². The van der Waals surface area contributed by atoms with E-state index in [9.17, 15) is 23.4 Å². The second-order valence-corrected chi connectivity index (χ2v) is 8.77. The topological polar surface area (TPSA) is 155 Å². The number of phenols is 2. The number of amides is 1. The zero-order valence-electron chi connectivity index (χ0n) is 16.5. The standard InChI is InChI=1S/C20H22N4O6S/c21-19-18-16(22-31(28,29)23-19)5-3-6-17(18)30-11-13-4-1-2-7-24(13)20(27)12-8-14(25)10-15(26)9-12/h3,5-6,8-10,13,22,25-26H,1-2,4,7,11H2,(H2,21,23). The van der Waals surface area contributed by atoms with Crippen molar-refractivity contribution in [2.45, 2.75) is 25.3 Å². The Bertz CT molecular complexity index is 1140. The van der Waals surface area contributed by atoms with Gasteiger partial charge < -0.3 is 25.6 Å². The predicted octanol–water partition coefficient (Wildman–Crippen LogP) is 1.55. The minimum atomic E-state index is -3.89. The van der Waals surface area contributed by atoms with Crippen LogP contribution in [-0.4, -0.2) is 54.5 Å². The molecule has 1 amide bonds. The second kappa shape index (κ2) is 7.99. The number of fused-ring (bicyclic) bond motifs is 1. The van der Waals surface area contributed by atoms with Crippen molar-refractivity contribution >= 4 is 27.6 Å². The van der Waals surface area contributed by atoms with Gasteiger partial charge in [0.1, 0.15) is 23.9 Å². The number of aromatic hydroxyl groups is 2. The third-order valence-electron chi connectivity index (χ3n) is 5.21. The second-order valence-electron chi connectivity index (χ2n) is 7.43. The molecule has 2 aromatic rings. The number of nitrogens with two attached hydrogens (primary N) is 1. The monoisotopic (exact) mass is 446 g/mol. The molecular formula is C20H22N4O6S. The first-order valence-electron chi connectivity index (χ1n) is 9.72. The van der Waals surface area contributed by atoms with E-state index in [1.165, 1.54) is 12.1 Å². The number of amidine groups is 1. The molecule has 2 aliphatic heterocycles. The highest BCUT2D eigenvalue weighted by Gasteiger charge is 2.30. The van der Waals surface area contributed by atoms with Gasteiger partial charge in [0.05, 0.1) is 17.3 Å². The van der Waals surface area contributed by atoms with Crippen LogP contribution in [0.25, 0.3) is 0 Å². The fourth-order valence-electron chi connectivity index (χ4n) is 3.85. The minimum Gasteiger partial charge on any atom is -0.508 e. The number of benzene rings is 2. The molecule has 11 heteroatoms. The Morgan fingerprint density at radius 3 is 2.71 bits per heavy atom. The summed E-state index contributed by atoms with van der Waals surface area (Å²) in [6.07, 6.45) is 2.45. The summed E-state index contributed by atoms with van der Waals surface area (Å²) < 4.78 is 35.2. The van der Waals surface area contributed by atoms with E-state index in [4.69, 9.17) is 10.5 Å². The van der Waals surface area contributed by atoms with Gasteiger partial charge >= 0.3 is 10.2 Å². The lowest BCUT2D eigenvalue weighted by molar-refractivity contribution is 0.0527. The molecule has 1 fully saturated rings. The van der Waals surface area contributed by atoms with Crippen molar-refractivity contribution in [3.05, 3.63) is 47.5 Å². The van der Waals surface area contributed by atoms with Crippen molar-refractivity contribution in [1.29, 1.82) is 0 Å². The third kappa shape index (κ3) is 4.36. The van der Waals surface area contributed by atoms with Crippen molar-refractivity contribution in [3.8, 4) is 17.2 Å². The molecule has 4 rings (SSSR count). The lowest BCUT2D eigenvalue weighted by atomic mass is 10.0. The van der Waals surface area contributed by atoms with Crippen LogP contribution < -0.4 is 15.2 Å². The Hall–Kier alpha value is -3.47. The third-order valence-corrected chi connectivity index (χ3v) is 6.12. The van der Waals surface area contributed by atoms with E-state index in [-0.39, 0.29) is 47.1 Å². The van der Waals surface area contributed by atoms with E-state index >= 15 is 0 Å². The van der Waals surface area contributed by atoms with Crippen LogP contribution in [0.4, 0.5) is 5.69 Å². The van der Waals surface area contributed by atoms with E-state index in [1.54, 1.807) is 23.1 Å². The molecule has 2 heterocycles. The highest BCUT2D eigenvalue weighted by Crippen LogP contribution is 2.31. The number of hydrogen-bond acceptors (Lipinski definition) is 7. The lowest BCUT2D eigenvalue weighted by Gasteiger charge is -2.36. The number of anilines is 1. The van der Waals surface area contributed by atoms with Gasteiger partial charge in [0, 0.05) is 18.2 Å². The summed E-state index contributed by atoms with van der Waals surface area (Å²) in [5.74, 6) is -0.517. The van der Waals surface area contributed by atoms with Crippen LogP contribution in [0.15, 0.2) is 40.8 Å². The van der Waals surface area contributed by atoms with Crippen molar-refractivity contribution < 1.29 is 28.2 Å². The summed E-state index contributed by atoms with van der Waals surface area (Å²) in [5, 5.41) is 19.4. The number of likely N-dealkylation sites (tertiary alicyclic amines) is 1. The van der Waals surface area contributed by atoms with E-state index in [2.05, 4.69) is 9.12 Å². The van der Waals surface area contributed by atoms with Crippen molar-refractivity contribution in [3.63, 3.8) is 0 Å². The first-order valence-corrected chi connectivity index (χ1v) is 11.2. The molecule has 1 unspecified atom stereocenters. The number of carbonyl (C=O) groups excluding carboxylic acids is 1. The van der Waals surface area contributed by atoms with Crippen LogP contribution in [0.3, 0.4) is 0 Å². The molecule has 31 heavy (non-hydrogen) atoms. The molecule has 10 nitrogen and oxygen atoms in total. The van der Waals surface area contributed by atoms with Gasteiger partial charge in [0.25, 0.3) is 5.91 Å². The highest BCUT2D eigenvalue weighted by molar-refractivity contribution is 7.91. The molecule has 0 bridgehead atoms. The average molecular weight is 446 g/mol. The van der Waals surface area contributed by atoms with Crippen LogP contribution in [0.1, 0.15) is 35.2 Å². The van der Waals surface area contributed by atoms with Gasteiger partial charge in [0.2, 0.25) is 0 Å². The Balaban J connectivity index is 1.55. The van der Waals surface area contributed by atoms with Gasteiger partial charge in [-0.1, -0.05) is 6.07 Å².